The Balaban J connectivity index is 2.15. The summed E-state index contributed by atoms with van der Waals surface area (Å²) in [7, 11) is 0. The van der Waals surface area contributed by atoms with E-state index in [0.717, 1.165) is 10.6 Å². The van der Waals surface area contributed by atoms with Gasteiger partial charge in [-0.05, 0) is 18.5 Å². The summed E-state index contributed by atoms with van der Waals surface area (Å²) in [5.74, 6) is 0. The van der Waals surface area contributed by atoms with Crippen LogP contribution < -0.4 is 0 Å². The van der Waals surface area contributed by atoms with E-state index in [4.69, 9.17) is 5.11 Å². The Morgan fingerprint density at radius 1 is 1.50 bits per heavy atom. The van der Waals surface area contributed by atoms with E-state index in [2.05, 4.69) is 19.9 Å². The number of aromatic nitrogens is 5. The van der Waals surface area contributed by atoms with Crippen LogP contribution in [-0.2, 0) is 13.2 Å². The summed E-state index contributed by atoms with van der Waals surface area (Å²) in [6.07, 6.45) is 1.71. The van der Waals surface area contributed by atoms with Crippen molar-refractivity contribution >= 4 is 11.5 Å². The van der Waals surface area contributed by atoms with E-state index in [1.165, 1.54) is 11.5 Å². The van der Waals surface area contributed by atoms with Gasteiger partial charge in [-0.3, -0.25) is 0 Å². The fourth-order valence-corrected chi connectivity index (χ4v) is 1.66. The molecule has 0 aliphatic carbocycles. The van der Waals surface area contributed by atoms with Gasteiger partial charge in [0.15, 0.2) is 0 Å². The number of hydrogen-bond acceptors (Lipinski definition) is 6. The lowest BCUT2D eigenvalue weighted by Crippen LogP contribution is -1.99. The summed E-state index contributed by atoms with van der Waals surface area (Å²) < 4.78 is 5.49. The molecule has 74 valence electrons. The number of rotatable bonds is 3. The van der Waals surface area contributed by atoms with Gasteiger partial charge >= 0.3 is 0 Å². The zero-order valence-electron chi connectivity index (χ0n) is 7.58. The number of aliphatic hydroxyl groups is 1. The van der Waals surface area contributed by atoms with Gasteiger partial charge in [-0.25, -0.2) is 4.68 Å². The van der Waals surface area contributed by atoms with Crippen LogP contribution in [0.2, 0.25) is 0 Å². The van der Waals surface area contributed by atoms with Crippen molar-refractivity contribution in [1.29, 1.82) is 0 Å². The lowest BCUT2D eigenvalue weighted by Gasteiger charge is -1.95. The van der Waals surface area contributed by atoms with Crippen molar-refractivity contribution in [2.24, 2.45) is 0 Å². The van der Waals surface area contributed by atoms with E-state index in [9.17, 15) is 0 Å². The molecular weight excluding hydrogens is 202 g/mol. The Morgan fingerprint density at radius 2 is 2.36 bits per heavy atom. The topological polar surface area (TPSA) is 76.7 Å². The highest BCUT2D eigenvalue weighted by Gasteiger charge is 2.05. The minimum atomic E-state index is -0.0834. The molecule has 0 atom stereocenters. The zero-order chi connectivity index (χ0) is 9.97. The molecule has 0 aliphatic rings. The zero-order valence-corrected chi connectivity index (χ0v) is 8.40. The first-order chi connectivity index (χ1) is 6.79. The molecule has 0 bridgehead atoms. The van der Waals surface area contributed by atoms with Crippen molar-refractivity contribution in [1.82, 2.24) is 24.6 Å². The van der Waals surface area contributed by atoms with Crippen molar-refractivity contribution in [2.75, 3.05) is 0 Å². The lowest BCUT2D eigenvalue weighted by molar-refractivity contribution is 0.276. The maximum atomic E-state index is 8.79. The van der Waals surface area contributed by atoms with Crippen LogP contribution in [0.1, 0.15) is 16.3 Å². The van der Waals surface area contributed by atoms with Crippen molar-refractivity contribution < 1.29 is 5.11 Å². The van der Waals surface area contributed by atoms with Crippen LogP contribution >= 0.6 is 11.5 Å². The van der Waals surface area contributed by atoms with Crippen LogP contribution in [-0.4, -0.2) is 29.7 Å². The summed E-state index contributed by atoms with van der Waals surface area (Å²) in [5.41, 5.74) is 1.48. The Morgan fingerprint density at radius 3 is 2.93 bits per heavy atom. The fraction of sp³-hybridized carbons (Fsp3) is 0.429. The van der Waals surface area contributed by atoms with E-state index in [0.29, 0.717) is 12.2 Å². The monoisotopic (exact) mass is 211 g/mol. The highest BCUT2D eigenvalue weighted by molar-refractivity contribution is 7.05. The molecular formula is C7H9N5OS. The molecule has 2 rings (SSSR count). The predicted octanol–water partition coefficient (Wildman–Crippen LogP) is -0.0214. The Kier molecular flexibility index (Phi) is 2.51. The second-order valence-electron chi connectivity index (χ2n) is 2.85. The van der Waals surface area contributed by atoms with Gasteiger partial charge in [0.2, 0.25) is 0 Å². The average molecular weight is 211 g/mol. The minimum absolute atomic E-state index is 0.0834. The van der Waals surface area contributed by atoms with E-state index in [-0.39, 0.29) is 6.61 Å². The Hall–Kier alpha value is -1.34. The Bertz CT molecular complexity index is 423. The summed E-state index contributed by atoms with van der Waals surface area (Å²) in [5, 5.41) is 20.3. The molecule has 0 radical (unpaired) electrons. The Labute approximate surface area is 84.4 Å². The molecule has 0 saturated heterocycles. The van der Waals surface area contributed by atoms with E-state index >= 15 is 0 Å². The predicted molar refractivity (Wildman–Crippen MR) is 49.7 cm³/mol. The second-order valence-corrected chi connectivity index (χ2v) is 3.69. The van der Waals surface area contributed by atoms with Crippen LogP contribution in [0.25, 0.3) is 0 Å². The maximum Gasteiger partial charge on any atom is 0.108 e. The van der Waals surface area contributed by atoms with Gasteiger partial charge in [-0.1, -0.05) is 9.70 Å². The number of nitrogens with zero attached hydrogens (tertiary/aromatic N) is 5. The van der Waals surface area contributed by atoms with Crippen molar-refractivity contribution in [3.63, 3.8) is 0 Å². The van der Waals surface area contributed by atoms with Gasteiger partial charge < -0.3 is 5.11 Å². The summed E-state index contributed by atoms with van der Waals surface area (Å²) in [6, 6.07) is 0. The maximum absolute atomic E-state index is 8.79. The normalized spacial score (nSPS) is 10.7. The summed E-state index contributed by atoms with van der Waals surface area (Å²) in [6.45, 7) is 2.43. The highest BCUT2D eigenvalue weighted by atomic mass is 32.1. The molecule has 14 heavy (non-hydrogen) atoms. The van der Waals surface area contributed by atoms with Gasteiger partial charge in [0, 0.05) is 0 Å². The molecule has 6 nitrogen and oxygen atoms in total. The number of hydrogen-bond donors (Lipinski definition) is 1. The van der Waals surface area contributed by atoms with Gasteiger partial charge in [-0.15, -0.1) is 10.2 Å². The molecule has 2 heterocycles. The smallest absolute Gasteiger partial charge is 0.108 e. The average Bonchev–Trinajstić information content (AvgIpc) is 2.77. The van der Waals surface area contributed by atoms with E-state index in [1.807, 2.05) is 6.92 Å². The molecule has 0 unspecified atom stereocenters. The number of aryl methyl sites for hydroxylation is 1. The van der Waals surface area contributed by atoms with Crippen LogP contribution in [0.15, 0.2) is 6.20 Å². The first-order valence-corrected chi connectivity index (χ1v) is 4.84. The third-order valence-corrected chi connectivity index (χ3v) is 2.61. The van der Waals surface area contributed by atoms with Gasteiger partial charge in [-0.2, -0.15) is 0 Å². The molecule has 0 spiro atoms. The molecule has 0 aromatic carbocycles. The second kappa shape index (κ2) is 3.81. The molecule has 2 aromatic heterocycles. The lowest BCUT2D eigenvalue weighted by atomic mass is 10.4. The third kappa shape index (κ3) is 1.78. The van der Waals surface area contributed by atoms with Crippen molar-refractivity contribution in [3.8, 4) is 0 Å². The van der Waals surface area contributed by atoms with Crippen LogP contribution in [0.5, 0.6) is 0 Å². The van der Waals surface area contributed by atoms with Gasteiger partial charge in [0.05, 0.1) is 29.9 Å². The number of aliphatic hydroxyl groups excluding tert-OH is 1. The molecule has 0 aliphatic heterocycles. The molecule has 7 heteroatoms. The van der Waals surface area contributed by atoms with Crippen molar-refractivity contribution in [2.45, 2.75) is 20.1 Å². The quantitative estimate of drug-likeness (QED) is 0.772. The molecule has 1 N–H and O–H groups in total. The van der Waals surface area contributed by atoms with Gasteiger partial charge in [0.1, 0.15) is 5.69 Å². The van der Waals surface area contributed by atoms with Crippen LogP contribution in [0, 0.1) is 6.92 Å². The summed E-state index contributed by atoms with van der Waals surface area (Å²) in [4.78, 5) is 1.05. The van der Waals surface area contributed by atoms with Gasteiger partial charge in [0.25, 0.3) is 0 Å². The van der Waals surface area contributed by atoms with E-state index < -0.39 is 0 Å². The highest BCUT2D eigenvalue weighted by Crippen LogP contribution is 2.10. The molecule has 2 aromatic rings. The first kappa shape index (κ1) is 9.22. The van der Waals surface area contributed by atoms with Crippen LogP contribution in [0.4, 0.5) is 0 Å². The molecule has 0 saturated carbocycles. The van der Waals surface area contributed by atoms with Crippen molar-refractivity contribution in [3.05, 3.63) is 22.5 Å². The van der Waals surface area contributed by atoms with E-state index in [1.54, 1.807) is 10.9 Å². The molecule has 0 fully saturated rings. The summed E-state index contributed by atoms with van der Waals surface area (Å²) >= 11 is 1.35. The SMILES string of the molecule is Cc1nnsc1Cn1cc(CO)nn1. The standard InChI is InChI=1S/C7H9N5OS/c1-5-7(14-11-8-5)3-12-2-6(4-13)9-10-12/h2,13H,3-4H2,1H3. The van der Waals surface area contributed by atoms with Crippen LogP contribution in [0.3, 0.4) is 0 Å². The third-order valence-electron chi connectivity index (χ3n) is 1.80. The minimum Gasteiger partial charge on any atom is -0.390 e. The first-order valence-electron chi connectivity index (χ1n) is 4.07. The fourth-order valence-electron chi connectivity index (χ4n) is 1.03. The largest absolute Gasteiger partial charge is 0.390 e. The molecule has 0 amide bonds.